The van der Waals surface area contributed by atoms with Crippen LogP contribution in [0, 0.1) is 6.92 Å². The van der Waals surface area contributed by atoms with Crippen molar-refractivity contribution in [1.82, 2.24) is 14.7 Å². The van der Waals surface area contributed by atoms with Crippen LogP contribution in [0.4, 0.5) is 0 Å². The lowest BCUT2D eigenvalue weighted by Crippen LogP contribution is -2.12. The molecule has 0 spiro atoms. The van der Waals surface area contributed by atoms with E-state index >= 15 is 0 Å². The summed E-state index contributed by atoms with van der Waals surface area (Å²) in [5.74, 6) is 0.441. The van der Waals surface area contributed by atoms with Crippen LogP contribution in [0.15, 0.2) is 6.20 Å². The molecule has 0 aliphatic rings. The lowest BCUT2D eigenvalue weighted by atomic mass is 10.5. The fraction of sp³-hybridized carbons (Fsp3) is 0.200. The zero-order valence-corrected chi connectivity index (χ0v) is 6.27. The maximum atomic E-state index is 10.8. The van der Waals surface area contributed by atoms with Gasteiger partial charge in [-0.3, -0.25) is 9.52 Å². The molecule has 1 heterocycles. The molecule has 5 heteroatoms. The fourth-order valence-corrected chi connectivity index (χ4v) is 0.717. The topological polar surface area (TPSA) is 57.8 Å². The number of thiol groups is 1. The molecule has 1 aromatic rings. The molecule has 0 saturated heterocycles. The van der Waals surface area contributed by atoms with E-state index in [4.69, 9.17) is 0 Å². The van der Waals surface area contributed by atoms with Gasteiger partial charge in [0.2, 0.25) is 0 Å². The van der Waals surface area contributed by atoms with Gasteiger partial charge in [0.05, 0.1) is 6.20 Å². The molecule has 0 atom stereocenters. The van der Waals surface area contributed by atoms with Crippen molar-refractivity contribution < 1.29 is 4.79 Å². The molecule has 0 radical (unpaired) electrons. The lowest BCUT2D eigenvalue weighted by Gasteiger charge is -1.90. The maximum absolute atomic E-state index is 10.8. The molecular formula is C5H7N3OS. The number of amides is 1. The van der Waals surface area contributed by atoms with Crippen LogP contribution < -0.4 is 4.72 Å². The Bertz CT molecular complexity index is 245. The molecule has 2 N–H and O–H groups in total. The predicted molar refractivity (Wildman–Crippen MR) is 39.8 cm³/mol. The Morgan fingerprint density at radius 3 is 3.00 bits per heavy atom. The van der Waals surface area contributed by atoms with Crippen molar-refractivity contribution in [2.45, 2.75) is 6.92 Å². The highest BCUT2D eigenvalue weighted by atomic mass is 32.1. The van der Waals surface area contributed by atoms with Crippen LogP contribution in [0.3, 0.4) is 0 Å². The minimum Gasteiger partial charge on any atom is -0.338 e. The largest absolute Gasteiger partial charge is 0.338 e. The summed E-state index contributed by atoms with van der Waals surface area (Å²) in [4.78, 5) is 17.4. The Labute approximate surface area is 63.6 Å². The van der Waals surface area contributed by atoms with E-state index in [1.165, 1.54) is 6.20 Å². The van der Waals surface area contributed by atoms with Crippen LogP contribution in [0.1, 0.15) is 16.3 Å². The van der Waals surface area contributed by atoms with Crippen LogP contribution in [-0.4, -0.2) is 15.9 Å². The quantitative estimate of drug-likeness (QED) is 0.513. The van der Waals surface area contributed by atoms with Crippen LogP contribution in [0.2, 0.25) is 0 Å². The van der Waals surface area contributed by atoms with Crippen LogP contribution in [0.5, 0.6) is 0 Å². The van der Waals surface area contributed by atoms with Crippen molar-refractivity contribution in [3.63, 3.8) is 0 Å². The smallest absolute Gasteiger partial charge is 0.278 e. The first-order valence-corrected chi connectivity index (χ1v) is 3.15. The van der Waals surface area contributed by atoms with E-state index in [1.54, 1.807) is 6.92 Å². The molecule has 54 valence electrons. The van der Waals surface area contributed by atoms with Crippen molar-refractivity contribution in [3.8, 4) is 0 Å². The van der Waals surface area contributed by atoms with Gasteiger partial charge >= 0.3 is 0 Å². The third kappa shape index (κ3) is 1.30. The molecule has 0 bridgehead atoms. The minimum atomic E-state index is -0.274. The summed E-state index contributed by atoms with van der Waals surface area (Å²) < 4.78 is 2.18. The van der Waals surface area contributed by atoms with Gasteiger partial charge in [-0.1, -0.05) is 12.8 Å². The van der Waals surface area contributed by atoms with E-state index in [9.17, 15) is 4.79 Å². The van der Waals surface area contributed by atoms with E-state index in [0.717, 1.165) is 0 Å². The average molecular weight is 157 g/mol. The van der Waals surface area contributed by atoms with E-state index in [2.05, 4.69) is 27.5 Å². The van der Waals surface area contributed by atoms with Crippen molar-refractivity contribution in [2.75, 3.05) is 0 Å². The maximum Gasteiger partial charge on any atom is 0.278 e. The molecule has 1 amide bonds. The SMILES string of the molecule is Cc1ncc(C(=O)NS)[nH]1. The third-order valence-electron chi connectivity index (χ3n) is 1.05. The van der Waals surface area contributed by atoms with Gasteiger partial charge in [0, 0.05) is 0 Å². The average Bonchev–Trinajstić information content (AvgIpc) is 2.34. The summed E-state index contributed by atoms with van der Waals surface area (Å²) in [5, 5.41) is 0. The zero-order valence-electron chi connectivity index (χ0n) is 5.38. The first-order valence-electron chi connectivity index (χ1n) is 2.70. The number of nitrogens with zero attached hydrogens (tertiary/aromatic N) is 1. The van der Waals surface area contributed by atoms with Crippen LogP contribution in [-0.2, 0) is 0 Å². The van der Waals surface area contributed by atoms with E-state index in [0.29, 0.717) is 11.5 Å². The van der Waals surface area contributed by atoms with Crippen molar-refractivity contribution in [3.05, 3.63) is 17.7 Å². The molecule has 4 nitrogen and oxygen atoms in total. The number of aryl methyl sites for hydroxylation is 1. The van der Waals surface area contributed by atoms with Crippen molar-refractivity contribution in [2.24, 2.45) is 0 Å². The first kappa shape index (κ1) is 7.14. The highest BCUT2D eigenvalue weighted by Crippen LogP contribution is 1.94. The predicted octanol–water partition coefficient (Wildman–Crippen LogP) is 0.293. The van der Waals surface area contributed by atoms with Gasteiger partial charge < -0.3 is 4.98 Å². The number of carbonyl (C=O) groups excluding carboxylic acids is 1. The number of nitrogens with one attached hydrogen (secondary N) is 2. The number of carbonyl (C=O) groups is 1. The fourth-order valence-electron chi connectivity index (χ4n) is 0.596. The Morgan fingerprint density at radius 2 is 2.60 bits per heavy atom. The van der Waals surface area contributed by atoms with Gasteiger partial charge in [-0.05, 0) is 6.92 Å². The summed E-state index contributed by atoms with van der Waals surface area (Å²) >= 11 is 3.59. The number of hydrogen-bond acceptors (Lipinski definition) is 3. The number of imidazole rings is 1. The molecule has 1 rings (SSSR count). The van der Waals surface area contributed by atoms with Crippen molar-refractivity contribution in [1.29, 1.82) is 0 Å². The second kappa shape index (κ2) is 2.74. The summed E-state index contributed by atoms with van der Waals surface area (Å²) in [6, 6.07) is 0. The zero-order chi connectivity index (χ0) is 7.56. The number of aromatic amines is 1. The summed E-state index contributed by atoms with van der Waals surface area (Å²) in [5.41, 5.74) is 0.424. The molecule has 1 aromatic heterocycles. The summed E-state index contributed by atoms with van der Waals surface area (Å²) in [6.07, 6.45) is 1.46. The highest BCUT2D eigenvalue weighted by Gasteiger charge is 2.04. The Hall–Kier alpha value is -0.970. The first-order chi connectivity index (χ1) is 4.74. The molecule has 0 aliphatic heterocycles. The molecule has 0 unspecified atom stereocenters. The van der Waals surface area contributed by atoms with Crippen LogP contribution >= 0.6 is 12.8 Å². The minimum absolute atomic E-state index is 0.274. The molecule has 10 heavy (non-hydrogen) atoms. The lowest BCUT2D eigenvalue weighted by molar-refractivity contribution is 0.0980. The molecule has 0 aromatic carbocycles. The second-order valence-electron chi connectivity index (χ2n) is 1.82. The monoisotopic (exact) mass is 157 g/mol. The number of aromatic nitrogens is 2. The van der Waals surface area contributed by atoms with Gasteiger partial charge in [-0.25, -0.2) is 4.98 Å². The number of H-pyrrole nitrogens is 1. The van der Waals surface area contributed by atoms with Gasteiger partial charge in [0.25, 0.3) is 5.91 Å². The Balaban J connectivity index is 2.85. The Kier molecular flexibility index (Phi) is 1.96. The Morgan fingerprint density at radius 1 is 1.90 bits per heavy atom. The van der Waals surface area contributed by atoms with E-state index < -0.39 is 0 Å². The molecule has 0 fully saturated rings. The van der Waals surface area contributed by atoms with Gasteiger partial charge in [0.15, 0.2) is 0 Å². The highest BCUT2D eigenvalue weighted by molar-refractivity contribution is 7.78. The standard InChI is InChI=1S/C5H7N3OS/c1-3-6-2-4(7-3)5(9)8-10/h2,10H,1H3,(H,6,7)(H,8,9). The van der Waals surface area contributed by atoms with E-state index in [1.807, 2.05) is 0 Å². The summed E-state index contributed by atoms with van der Waals surface area (Å²) in [6.45, 7) is 1.77. The van der Waals surface area contributed by atoms with Gasteiger partial charge in [-0.15, -0.1) is 0 Å². The van der Waals surface area contributed by atoms with E-state index in [-0.39, 0.29) is 5.91 Å². The third-order valence-corrected chi connectivity index (χ3v) is 1.25. The normalized spacial score (nSPS) is 9.40. The van der Waals surface area contributed by atoms with Crippen molar-refractivity contribution >= 4 is 18.7 Å². The molecular weight excluding hydrogens is 150 g/mol. The van der Waals surface area contributed by atoms with Gasteiger partial charge in [0.1, 0.15) is 11.5 Å². The van der Waals surface area contributed by atoms with Crippen LogP contribution in [0.25, 0.3) is 0 Å². The number of rotatable bonds is 1. The number of hydrogen-bond donors (Lipinski definition) is 3. The second-order valence-corrected chi connectivity index (χ2v) is 2.05. The molecule has 0 aliphatic carbocycles. The van der Waals surface area contributed by atoms with Gasteiger partial charge in [-0.2, -0.15) is 0 Å². The summed E-state index contributed by atoms with van der Waals surface area (Å²) in [7, 11) is 0. The molecule has 0 saturated carbocycles.